The molecule has 1 aliphatic heterocycles. The summed E-state index contributed by atoms with van der Waals surface area (Å²) in [5.41, 5.74) is 2.52. The second-order valence-electron chi connectivity index (χ2n) is 6.91. The molecule has 3 rings (SSSR count). The summed E-state index contributed by atoms with van der Waals surface area (Å²) in [7, 11) is 0. The van der Waals surface area contributed by atoms with Crippen LogP contribution >= 0.6 is 0 Å². The van der Waals surface area contributed by atoms with Gasteiger partial charge in [-0.15, -0.1) is 0 Å². The van der Waals surface area contributed by atoms with Crippen LogP contribution in [0.2, 0.25) is 0 Å². The quantitative estimate of drug-likeness (QED) is 0.888. The van der Waals surface area contributed by atoms with Crippen molar-refractivity contribution in [2.24, 2.45) is 0 Å². The highest BCUT2D eigenvalue weighted by Gasteiger charge is 2.53. The molecule has 6 heteroatoms. The predicted octanol–water partition coefficient (Wildman–Crippen LogP) is 4.27. The Kier molecular flexibility index (Phi) is 3.83. The fourth-order valence-corrected chi connectivity index (χ4v) is 3.33. The third-order valence-electron chi connectivity index (χ3n) is 4.42. The Balaban J connectivity index is 2.22. The van der Waals surface area contributed by atoms with E-state index in [1.165, 1.54) is 6.07 Å². The summed E-state index contributed by atoms with van der Waals surface area (Å²) in [6.07, 6.45) is -4.49. The fraction of sp³-hybridized carbons (Fsp3) is 0.389. The minimum absolute atomic E-state index is 0.0311. The van der Waals surface area contributed by atoms with E-state index in [1.807, 2.05) is 19.1 Å². The molecule has 1 atom stereocenters. The first kappa shape index (κ1) is 16.8. The zero-order chi connectivity index (χ0) is 17.7. The average Bonchev–Trinajstić information content (AvgIpc) is 2.71. The van der Waals surface area contributed by atoms with Crippen molar-refractivity contribution in [2.75, 3.05) is 0 Å². The third-order valence-corrected chi connectivity index (χ3v) is 4.42. The zero-order valence-corrected chi connectivity index (χ0v) is 13.7. The lowest BCUT2D eigenvalue weighted by molar-refractivity contribution is -0.203. The molecule has 2 aromatic carbocycles. The first-order chi connectivity index (χ1) is 11.1. The van der Waals surface area contributed by atoms with Crippen LogP contribution in [0.15, 0.2) is 36.4 Å². The molecule has 0 radical (unpaired) electrons. The molecule has 0 aliphatic carbocycles. The molecule has 1 amide bonds. The number of hydrazine groups is 1. The number of carbonyl (C=O) groups is 1. The summed E-state index contributed by atoms with van der Waals surface area (Å²) < 4.78 is 41.9. The van der Waals surface area contributed by atoms with Crippen LogP contribution in [-0.4, -0.2) is 22.6 Å². The standard InChI is InChI=1S/C18H19F3N2O/c1-11-7-8-12-5-4-6-13(14(12)9-11)16(18(19,20)21)23-17(2,3)10-15(24)22-23/h4-9,16H,10H2,1-3H3,(H,22,24)/t16-/m0/s1. The Bertz CT molecular complexity index is 798. The highest BCUT2D eigenvalue weighted by Crippen LogP contribution is 2.44. The van der Waals surface area contributed by atoms with E-state index in [4.69, 9.17) is 0 Å². The van der Waals surface area contributed by atoms with Gasteiger partial charge in [0.15, 0.2) is 6.04 Å². The van der Waals surface area contributed by atoms with Crippen molar-refractivity contribution in [3.8, 4) is 0 Å². The number of amides is 1. The van der Waals surface area contributed by atoms with Gasteiger partial charge in [0, 0.05) is 12.0 Å². The molecule has 24 heavy (non-hydrogen) atoms. The zero-order valence-electron chi connectivity index (χ0n) is 13.7. The van der Waals surface area contributed by atoms with E-state index >= 15 is 0 Å². The molecule has 128 valence electrons. The summed E-state index contributed by atoms with van der Waals surface area (Å²) in [6, 6.07) is 8.45. The molecule has 1 aliphatic rings. The summed E-state index contributed by atoms with van der Waals surface area (Å²) in [6.45, 7) is 5.13. The second-order valence-corrected chi connectivity index (χ2v) is 6.91. The lowest BCUT2D eigenvalue weighted by atomic mass is 9.93. The molecule has 2 aromatic rings. The van der Waals surface area contributed by atoms with Crippen molar-refractivity contribution in [3.05, 3.63) is 47.5 Å². The van der Waals surface area contributed by atoms with Gasteiger partial charge < -0.3 is 0 Å². The number of halogens is 3. The maximum atomic E-state index is 14.0. The van der Waals surface area contributed by atoms with Gasteiger partial charge in [0.25, 0.3) is 0 Å². The minimum Gasteiger partial charge on any atom is -0.287 e. The number of nitrogens with one attached hydrogen (secondary N) is 1. The summed E-state index contributed by atoms with van der Waals surface area (Å²) in [5, 5.41) is 2.35. The minimum atomic E-state index is -4.52. The first-order valence-electron chi connectivity index (χ1n) is 7.74. The Morgan fingerprint density at radius 2 is 1.92 bits per heavy atom. The molecule has 1 saturated heterocycles. The van der Waals surface area contributed by atoms with Crippen molar-refractivity contribution in [2.45, 2.75) is 44.9 Å². The highest BCUT2D eigenvalue weighted by atomic mass is 19.4. The third kappa shape index (κ3) is 2.86. The maximum Gasteiger partial charge on any atom is 0.409 e. The number of nitrogens with zero attached hydrogens (tertiary/aromatic N) is 1. The van der Waals surface area contributed by atoms with Crippen LogP contribution < -0.4 is 5.43 Å². The molecular formula is C18H19F3N2O. The van der Waals surface area contributed by atoms with E-state index in [-0.39, 0.29) is 12.0 Å². The summed E-state index contributed by atoms with van der Waals surface area (Å²) in [4.78, 5) is 11.7. The molecule has 1 fully saturated rings. The number of hydrogen-bond acceptors (Lipinski definition) is 2. The summed E-state index contributed by atoms with van der Waals surface area (Å²) >= 11 is 0. The summed E-state index contributed by atoms with van der Waals surface area (Å²) in [5.74, 6) is -0.398. The van der Waals surface area contributed by atoms with Crippen molar-refractivity contribution in [3.63, 3.8) is 0 Å². The van der Waals surface area contributed by atoms with Gasteiger partial charge in [-0.3, -0.25) is 10.2 Å². The molecule has 0 aromatic heterocycles. The monoisotopic (exact) mass is 336 g/mol. The van der Waals surface area contributed by atoms with Gasteiger partial charge in [-0.1, -0.05) is 42.0 Å². The SMILES string of the molecule is Cc1ccc2cccc([C@H](N3NC(=O)CC3(C)C)C(F)(F)F)c2c1. The number of rotatable bonds is 2. The van der Waals surface area contributed by atoms with E-state index in [0.717, 1.165) is 16.0 Å². The van der Waals surface area contributed by atoms with Crippen LogP contribution in [0.3, 0.4) is 0 Å². The Hall–Kier alpha value is -2.08. The molecular weight excluding hydrogens is 317 g/mol. The van der Waals surface area contributed by atoms with Crippen molar-refractivity contribution in [1.29, 1.82) is 0 Å². The van der Waals surface area contributed by atoms with E-state index in [9.17, 15) is 18.0 Å². The molecule has 3 nitrogen and oxygen atoms in total. The number of benzene rings is 2. The van der Waals surface area contributed by atoms with Gasteiger partial charge in [-0.2, -0.15) is 18.2 Å². The van der Waals surface area contributed by atoms with Crippen LogP contribution in [0, 0.1) is 6.92 Å². The number of aryl methyl sites for hydroxylation is 1. The predicted molar refractivity (Wildman–Crippen MR) is 86.2 cm³/mol. The van der Waals surface area contributed by atoms with Gasteiger partial charge in [0.1, 0.15) is 0 Å². The van der Waals surface area contributed by atoms with Gasteiger partial charge in [-0.05, 0) is 37.1 Å². The fourth-order valence-electron chi connectivity index (χ4n) is 3.33. The Labute approximate surface area is 138 Å². The number of hydrogen-bond donors (Lipinski definition) is 1. The van der Waals surface area contributed by atoms with Crippen molar-refractivity contribution >= 4 is 16.7 Å². The van der Waals surface area contributed by atoms with Crippen LogP contribution in [0.25, 0.3) is 10.8 Å². The second kappa shape index (κ2) is 5.48. The lowest BCUT2D eigenvalue weighted by Gasteiger charge is -2.38. The Morgan fingerprint density at radius 1 is 1.21 bits per heavy atom. The number of fused-ring (bicyclic) bond motifs is 1. The topological polar surface area (TPSA) is 32.3 Å². The normalized spacial score (nSPS) is 19.5. The smallest absolute Gasteiger partial charge is 0.287 e. The lowest BCUT2D eigenvalue weighted by Crippen LogP contribution is -2.51. The van der Waals surface area contributed by atoms with Crippen molar-refractivity contribution < 1.29 is 18.0 Å². The van der Waals surface area contributed by atoms with E-state index in [1.54, 1.807) is 32.0 Å². The first-order valence-corrected chi connectivity index (χ1v) is 7.74. The van der Waals surface area contributed by atoms with Crippen LogP contribution in [0.5, 0.6) is 0 Å². The molecule has 1 heterocycles. The Morgan fingerprint density at radius 3 is 2.50 bits per heavy atom. The molecule has 0 unspecified atom stereocenters. The van der Waals surface area contributed by atoms with Crippen molar-refractivity contribution in [1.82, 2.24) is 10.4 Å². The van der Waals surface area contributed by atoms with Crippen LogP contribution in [-0.2, 0) is 4.79 Å². The highest BCUT2D eigenvalue weighted by molar-refractivity contribution is 5.87. The molecule has 0 spiro atoms. The number of carbonyl (C=O) groups excluding carboxylic acids is 1. The molecule has 1 N–H and O–H groups in total. The molecule has 0 saturated carbocycles. The number of alkyl halides is 3. The van der Waals surface area contributed by atoms with Gasteiger partial charge in [0.2, 0.25) is 5.91 Å². The van der Waals surface area contributed by atoms with E-state index in [2.05, 4.69) is 5.43 Å². The average molecular weight is 336 g/mol. The largest absolute Gasteiger partial charge is 0.409 e. The van der Waals surface area contributed by atoms with Crippen LogP contribution in [0.4, 0.5) is 13.2 Å². The maximum absolute atomic E-state index is 14.0. The van der Waals surface area contributed by atoms with Gasteiger partial charge in [0.05, 0.1) is 0 Å². The van der Waals surface area contributed by atoms with Crippen LogP contribution in [0.1, 0.15) is 37.4 Å². The van der Waals surface area contributed by atoms with E-state index in [0.29, 0.717) is 5.39 Å². The van der Waals surface area contributed by atoms with Gasteiger partial charge in [-0.25, -0.2) is 0 Å². The van der Waals surface area contributed by atoms with Gasteiger partial charge >= 0.3 is 6.18 Å². The van der Waals surface area contributed by atoms with E-state index < -0.39 is 23.7 Å². The molecule has 0 bridgehead atoms.